The van der Waals surface area contributed by atoms with Crippen molar-refractivity contribution in [2.75, 3.05) is 11.9 Å². The largest absolute Gasteiger partial charge is 0.478 e. The summed E-state index contributed by atoms with van der Waals surface area (Å²) in [4.78, 5) is 23.1. The van der Waals surface area contributed by atoms with Crippen molar-refractivity contribution in [3.8, 4) is 0 Å². The Hall–Kier alpha value is -1.88. The molecule has 20 heavy (non-hydrogen) atoms. The van der Waals surface area contributed by atoms with Crippen molar-refractivity contribution in [2.45, 2.75) is 39.2 Å². The zero-order valence-corrected chi connectivity index (χ0v) is 11.7. The van der Waals surface area contributed by atoms with E-state index < -0.39 is 5.97 Å². The molecule has 1 fully saturated rings. The Balaban J connectivity index is 2.09. The van der Waals surface area contributed by atoms with Gasteiger partial charge < -0.3 is 15.2 Å². The predicted octanol–water partition coefficient (Wildman–Crippen LogP) is 2.51. The van der Waals surface area contributed by atoms with Crippen LogP contribution in [0.1, 0.15) is 40.7 Å². The highest BCUT2D eigenvalue weighted by molar-refractivity contribution is 5.95. The fourth-order valence-electron chi connectivity index (χ4n) is 2.43. The molecule has 5 nitrogen and oxygen atoms in total. The highest BCUT2D eigenvalue weighted by Crippen LogP contribution is 2.22. The van der Waals surface area contributed by atoms with Gasteiger partial charge in [-0.15, -0.1) is 0 Å². The van der Waals surface area contributed by atoms with Gasteiger partial charge in [0.1, 0.15) is 0 Å². The average Bonchev–Trinajstić information content (AvgIpc) is 2.84. The first kappa shape index (κ1) is 14.5. The molecule has 0 aromatic heterocycles. The number of carboxylic acid groups (broad SMARTS) is 1. The van der Waals surface area contributed by atoms with Crippen molar-refractivity contribution < 1.29 is 19.4 Å². The molecule has 1 saturated heterocycles. The molecule has 1 unspecified atom stereocenters. The van der Waals surface area contributed by atoms with Gasteiger partial charge in [-0.05, 0) is 43.9 Å². The third-order valence-corrected chi connectivity index (χ3v) is 3.51. The van der Waals surface area contributed by atoms with E-state index in [1.807, 2.05) is 6.92 Å². The molecule has 1 heterocycles. The van der Waals surface area contributed by atoms with Gasteiger partial charge in [0.25, 0.3) is 0 Å². The van der Waals surface area contributed by atoms with Crippen LogP contribution in [0.5, 0.6) is 0 Å². The zero-order chi connectivity index (χ0) is 14.7. The number of ether oxygens (including phenoxy) is 1. The van der Waals surface area contributed by atoms with Crippen molar-refractivity contribution in [1.29, 1.82) is 0 Å². The van der Waals surface area contributed by atoms with Gasteiger partial charge >= 0.3 is 5.97 Å². The van der Waals surface area contributed by atoms with E-state index in [2.05, 4.69) is 5.32 Å². The molecular formula is C15H19NO4. The smallest absolute Gasteiger partial charge is 0.336 e. The second-order valence-electron chi connectivity index (χ2n) is 5.17. The first-order chi connectivity index (χ1) is 9.47. The Morgan fingerprint density at radius 3 is 2.70 bits per heavy atom. The number of aromatic carboxylic acids is 1. The van der Waals surface area contributed by atoms with E-state index in [9.17, 15) is 9.59 Å². The molecule has 108 valence electrons. The van der Waals surface area contributed by atoms with Crippen molar-refractivity contribution in [2.24, 2.45) is 0 Å². The molecule has 0 aliphatic carbocycles. The number of carbonyl (C=O) groups is 2. The highest BCUT2D eigenvalue weighted by Gasteiger charge is 2.20. The number of carbonyl (C=O) groups excluding carboxylic acids is 1. The zero-order valence-electron chi connectivity index (χ0n) is 11.7. The van der Waals surface area contributed by atoms with E-state index in [-0.39, 0.29) is 17.6 Å². The summed E-state index contributed by atoms with van der Waals surface area (Å²) in [6.07, 6.45) is 2.20. The van der Waals surface area contributed by atoms with Crippen LogP contribution in [0, 0.1) is 13.8 Å². The van der Waals surface area contributed by atoms with Crippen molar-refractivity contribution >= 4 is 17.6 Å². The van der Waals surface area contributed by atoms with E-state index in [4.69, 9.17) is 9.84 Å². The minimum atomic E-state index is -0.989. The number of amides is 1. The molecular weight excluding hydrogens is 258 g/mol. The van der Waals surface area contributed by atoms with Gasteiger partial charge in [0.05, 0.1) is 18.1 Å². The SMILES string of the molecule is Cc1cc(C)c(C(=O)O)cc1NC(=O)CC1CCCO1. The van der Waals surface area contributed by atoms with E-state index >= 15 is 0 Å². The van der Waals surface area contributed by atoms with Gasteiger partial charge in [-0.25, -0.2) is 4.79 Å². The first-order valence-electron chi connectivity index (χ1n) is 6.73. The van der Waals surface area contributed by atoms with Gasteiger partial charge in [0.2, 0.25) is 5.91 Å². The summed E-state index contributed by atoms with van der Waals surface area (Å²) in [5.41, 5.74) is 2.30. The Labute approximate surface area is 117 Å². The minimum absolute atomic E-state index is 0.0142. The van der Waals surface area contributed by atoms with Crippen molar-refractivity contribution in [3.05, 3.63) is 28.8 Å². The molecule has 1 aromatic rings. The maximum atomic E-state index is 11.9. The molecule has 1 amide bonds. The lowest BCUT2D eigenvalue weighted by Crippen LogP contribution is -2.20. The highest BCUT2D eigenvalue weighted by atomic mass is 16.5. The van der Waals surface area contributed by atoms with Crippen LogP contribution in [0.3, 0.4) is 0 Å². The Bertz CT molecular complexity index is 533. The van der Waals surface area contributed by atoms with Gasteiger partial charge in [-0.3, -0.25) is 4.79 Å². The summed E-state index contributed by atoms with van der Waals surface area (Å²) in [6.45, 7) is 4.30. The van der Waals surface area contributed by atoms with Crippen LogP contribution in [0.15, 0.2) is 12.1 Å². The Kier molecular flexibility index (Phi) is 4.39. The summed E-state index contributed by atoms with van der Waals surface area (Å²) >= 11 is 0. The second-order valence-corrected chi connectivity index (χ2v) is 5.17. The molecule has 5 heteroatoms. The summed E-state index contributed by atoms with van der Waals surface area (Å²) in [6, 6.07) is 3.28. The van der Waals surface area contributed by atoms with E-state index in [1.54, 1.807) is 13.0 Å². The van der Waals surface area contributed by atoms with Gasteiger partial charge in [0, 0.05) is 12.3 Å². The van der Waals surface area contributed by atoms with Gasteiger partial charge in [-0.1, -0.05) is 6.07 Å². The standard InChI is InChI=1S/C15H19NO4/c1-9-6-10(2)13(8-12(9)15(18)19)16-14(17)7-11-4-3-5-20-11/h6,8,11H,3-5,7H2,1-2H3,(H,16,17)(H,18,19). The van der Waals surface area contributed by atoms with Crippen LogP contribution < -0.4 is 5.32 Å². The predicted molar refractivity (Wildman–Crippen MR) is 75.1 cm³/mol. The van der Waals surface area contributed by atoms with Crippen LogP contribution in [-0.2, 0) is 9.53 Å². The molecule has 0 spiro atoms. The van der Waals surface area contributed by atoms with Crippen LogP contribution in [-0.4, -0.2) is 29.7 Å². The van der Waals surface area contributed by atoms with Crippen LogP contribution >= 0.6 is 0 Å². The van der Waals surface area contributed by atoms with Crippen LogP contribution in [0.2, 0.25) is 0 Å². The molecule has 1 aliphatic heterocycles. The maximum Gasteiger partial charge on any atom is 0.336 e. The monoisotopic (exact) mass is 277 g/mol. The maximum absolute atomic E-state index is 11.9. The molecule has 2 rings (SSSR count). The number of rotatable bonds is 4. The lowest BCUT2D eigenvalue weighted by molar-refractivity contribution is -0.118. The topological polar surface area (TPSA) is 75.6 Å². The minimum Gasteiger partial charge on any atom is -0.478 e. The molecule has 0 radical (unpaired) electrons. The number of nitrogens with one attached hydrogen (secondary N) is 1. The Morgan fingerprint density at radius 1 is 1.35 bits per heavy atom. The molecule has 1 aromatic carbocycles. The molecule has 1 aliphatic rings. The average molecular weight is 277 g/mol. The number of aryl methyl sites for hydroxylation is 2. The number of hydrogen-bond donors (Lipinski definition) is 2. The molecule has 0 saturated carbocycles. The van der Waals surface area contributed by atoms with Crippen LogP contribution in [0.25, 0.3) is 0 Å². The van der Waals surface area contributed by atoms with E-state index in [0.29, 0.717) is 24.3 Å². The quantitative estimate of drug-likeness (QED) is 0.886. The third-order valence-electron chi connectivity index (χ3n) is 3.51. The third kappa shape index (κ3) is 3.36. The lowest BCUT2D eigenvalue weighted by atomic mass is 10.0. The lowest BCUT2D eigenvalue weighted by Gasteiger charge is -2.13. The first-order valence-corrected chi connectivity index (χ1v) is 6.73. The fourth-order valence-corrected chi connectivity index (χ4v) is 2.43. The summed E-state index contributed by atoms with van der Waals surface area (Å²) in [7, 11) is 0. The van der Waals surface area contributed by atoms with E-state index in [1.165, 1.54) is 6.07 Å². The number of anilines is 1. The number of benzene rings is 1. The normalized spacial score (nSPS) is 18.0. The summed E-state index contributed by atoms with van der Waals surface area (Å²) in [5.74, 6) is -1.13. The fraction of sp³-hybridized carbons (Fsp3) is 0.467. The summed E-state index contributed by atoms with van der Waals surface area (Å²) in [5, 5.41) is 11.9. The van der Waals surface area contributed by atoms with Crippen LogP contribution in [0.4, 0.5) is 5.69 Å². The number of carboxylic acids is 1. The van der Waals surface area contributed by atoms with Gasteiger partial charge in [0.15, 0.2) is 0 Å². The van der Waals surface area contributed by atoms with Crippen molar-refractivity contribution in [3.63, 3.8) is 0 Å². The second kappa shape index (κ2) is 6.05. The van der Waals surface area contributed by atoms with E-state index in [0.717, 1.165) is 18.4 Å². The Morgan fingerprint density at radius 2 is 2.10 bits per heavy atom. The van der Waals surface area contributed by atoms with Crippen molar-refractivity contribution in [1.82, 2.24) is 0 Å². The summed E-state index contributed by atoms with van der Waals surface area (Å²) < 4.78 is 5.42. The van der Waals surface area contributed by atoms with Gasteiger partial charge in [-0.2, -0.15) is 0 Å². The molecule has 0 bridgehead atoms. The molecule has 1 atom stereocenters. The number of hydrogen-bond acceptors (Lipinski definition) is 3. The molecule has 2 N–H and O–H groups in total.